The van der Waals surface area contributed by atoms with Crippen LogP contribution in [0.15, 0.2) is 36.4 Å². The molecule has 1 aliphatic carbocycles. The number of rotatable bonds is 1. The lowest BCUT2D eigenvalue weighted by Gasteiger charge is -2.01. The van der Waals surface area contributed by atoms with E-state index in [2.05, 4.69) is 4.94 Å². The molecule has 0 spiro atoms. The van der Waals surface area contributed by atoms with E-state index < -0.39 is 0 Å². The maximum atomic E-state index is 12.4. The molecule has 1 aliphatic rings. The largest absolute Gasteiger partial charge is 0.508 e. The minimum Gasteiger partial charge on any atom is -0.508 e. The van der Waals surface area contributed by atoms with E-state index in [1.54, 1.807) is 18.2 Å². The predicted octanol–water partition coefficient (Wildman–Crippen LogP) is 2.87. The maximum absolute atomic E-state index is 12.4. The molecule has 0 amide bonds. The number of aromatic hydroxyl groups is 1. The number of hydrogen-bond acceptors (Lipinski definition) is 3. The van der Waals surface area contributed by atoms with Crippen molar-refractivity contribution in [1.29, 1.82) is 0 Å². The van der Waals surface area contributed by atoms with Crippen molar-refractivity contribution in [2.24, 2.45) is 0 Å². The highest BCUT2D eigenvalue weighted by Crippen LogP contribution is 2.42. The van der Waals surface area contributed by atoms with Gasteiger partial charge >= 0.3 is 0 Å². The summed E-state index contributed by atoms with van der Waals surface area (Å²) in [6, 6.07) is 9.23. The highest BCUT2D eigenvalue weighted by molar-refractivity contribution is 6.23. The van der Waals surface area contributed by atoms with Crippen molar-refractivity contribution in [1.82, 2.24) is 0 Å². The summed E-state index contributed by atoms with van der Waals surface area (Å²) >= 11 is 0. The summed E-state index contributed by atoms with van der Waals surface area (Å²) in [5.74, 6) is -0.421. The summed E-state index contributed by atoms with van der Waals surface area (Å²) < 4.78 is 12.4. The smallest absolute Gasteiger partial charge is 0.198 e. The van der Waals surface area contributed by atoms with Crippen LogP contribution in [0.4, 0.5) is 4.53 Å². The Morgan fingerprint density at radius 2 is 1.88 bits per heavy atom. The summed E-state index contributed by atoms with van der Waals surface area (Å²) in [5.41, 5.74) is 1.88. The van der Waals surface area contributed by atoms with Gasteiger partial charge in [0.05, 0.1) is 5.56 Å². The van der Waals surface area contributed by atoms with Crippen LogP contribution in [-0.2, 0) is 0 Å². The maximum Gasteiger partial charge on any atom is 0.198 e. The first-order valence-electron chi connectivity index (χ1n) is 5.02. The van der Waals surface area contributed by atoms with Gasteiger partial charge in [-0.05, 0) is 35.4 Å². The summed E-state index contributed by atoms with van der Waals surface area (Å²) in [6.07, 6.45) is 0. The summed E-state index contributed by atoms with van der Waals surface area (Å²) in [5, 5.41) is 9.36. The van der Waals surface area contributed by atoms with E-state index in [-0.39, 0.29) is 22.8 Å². The standard InChI is InChI=1S/C13H7FO3/c14-17-11-3-1-2-9-8-5-4-7(15)6-10(8)13(16)12(9)11/h1-6,15H. The van der Waals surface area contributed by atoms with Crippen LogP contribution in [-0.4, -0.2) is 10.9 Å². The van der Waals surface area contributed by atoms with Gasteiger partial charge in [-0.25, -0.2) is 0 Å². The Balaban J connectivity index is 2.34. The van der Waals surface area contributed by atoms with Crippen LogP contribution in [0.2, 0.25) is 0 Å². The first-order chi connectivity index (χ1) is 8.22. The molecule has 0 heterocycles. The molecule has 0 aliphatic heterocycles. The van der Waals surface area contributed by atoms with Gasteiger partial charge in [0.15, 0.2) is 11.5 Å². The second-order valence-corrected chi connectivity index (χ2v) is 3.81. The van der Waals surface area contributed by atoms with E-state index in [1.807, 2.05) is 0 Å². The van der Waals surface area contributed by atoms with Crippen molar-refractivity contribution in [2.75, 3.05) is 0 Å². The molecule has 0 bridgehead atoms. The normalized spacial score (nSPS) is 12.2. The Kier molecular flexibility index (Phi) is 1.92. The molecule has 2 aromatic rings. The molecule has 2 aromatic carbocycles. The molecule has 0 atom stereocenters. The SMILES string of the molecule is O=C1c2cc(O)ccc2-c2cccc(OF)c21. The topological polar surface area (TPSA) is 46.5 Å². The third-order valence-electron chi connectivity index (χ3n) is 2.87. The van der Waals surface area contributed by atoms with Crippen LogP contribution in [0.1, 0.15) is 15.9 Å². The third-order valence-corrected chi connectivity index (χ3v) is 2.87. The van der Waals surface area contributed by atoms with Crippen molar-refractivity contribution in [3.63, 3.8) is 0 Å². The molecule has 17 heavy (non-hydrogen) atoms. The lowest BCUT2D eigenvalue weighted by molar-refractivity contribution is -0.00687. The zero-order valence-corrected chi connectivity index (χ0v) is 8.61. The molecule has 0 unspecified atom stereocenters. The Morgan fingerprint density at radius 1 is 1.06 bits per heavy atom. The van der Waals surface area contributed by atoms with Gasteiger partial charge in [0.1, 0.15) is 5.75 Å². The average molecular weight is 230 g/mol. The summed E-state index contributed by atoms with van der Waals surface area (Å²) in [6.45, 7) is 0. The minimum atomic E-state index is -0.334. The van der Waals surface area contributed by atoms with E-state index in [1.165, 1.54) is 18.2 Å². The van der Waals surface area contributed by atoms with Crippen LogP contribution >= 0.6 is 0 Å². The Morgan fingerprint density at radius 3 is 2.65 bits per heavy atom. The number of halogens is 1. The summed E-state index contributed by atoms with van der Waals surface area (Å²) in [7, 11) is 0. The zero-order chi connectivity index (χ0) is 12.0. The second kappa shape index (κ2) is 3.31. The van der Waals surface area contributed by atoms with Gasteiger partial charge in [-0.3, -0.25) is 9.74 Å². The first kappa shape index (κ1) is 9.84. The van der Waals surface area contributed by atoms with E-state index in [0.717, 1.165) is 0 Å². The Labute approximate surface area is 96.0 Å². The van der Waals surface area contributed by atoms with Gasteiger partial charge in [-0.2, -0.15) is 0 Å². The molecule has 0 saturated carbocycles. The molecule has 4 heteroatoms. The molecule has 3 rings (SSSR count). The van der Waals surface area contributed by atoms with E-state index in [9.17, 15) is 14.4 Å². The van der Waals surface area contributed by atoms with Crippen LogP contribution in [0.5, 0.6) is 11.5 Å². The van der Waals surface area contributed by atoms with Crippen LogP contribution in [0.25, 0.3) is 11.1 Å². The molecule has 0 saturated heterocycles. The highest BCUT2D eigenvalue weighted by Gasteiger charge is 2.30. The molecule has 0 aromatic heterocycles. The average Bonchev–Trinajstić information content (AvgIpc) is 2.63. The number of carbonyl (C=O) groups excluding carboxylic acids is 1. The molecule has 84 valence electrons. The molecule has 0 fully saturated rings. The fraction of sp³-hybridized carbons (Fsp3) is 0. The van der Waals surface area contributed by atoms with Crippen molar-refractivity contribution < 1.29 is 19.4 Å². The zero-order valence-electron chi connectivity index (χ0n) is 8.61. The highest BCUT2D eigenvalue weighted by atomic mass is 19.3. The summed E-state index contributed by atoms with van der Waals surface area (Å²) in [4.78, 5) is 15.8. The Hall–Kier alpha value is -2.36. The van der Waals surface area contributed by atoms with E-state index >= 15 is 0 Å². The number of fused-ring (bicyclic) bond motifs is 3. The number of phenols is 1. The lowest BCUT2D eigenvalue weighted by Crippen LogP contribution is -1.97. The fourth-order valence-electron chi connectivity index (χ4n) is 2.14. The van der Waals surface area contributed by atoms with Gasteiger partial charge in [-0.15, -0.1) is 0 Å². The number of carbonyl (C=O) groups is 1. The van der Waals surface area contributed by atoms with Gasteiger partial charge < -0.3 is 5.11 Å². The third kappa shape index (κ3) is 1.24. The van der Waals surface area contributed by atoms with Crippen molar-refractivity contribution >= 4 is 5.78 Å². The van der Waals surface area contributed by atoms with Gasteiger partial charge in [0.2, 0.25) is 0 Å². The fourth-order valence-corrected chi connectivity index (χ4v) is 2.14. The predicted molar refractivity (Wildman–Crippen MR) is 58.7 cm³/mol. The molecular weight excluding hydrogens is 223 g/mol. The molecule has 3 nitrogen and oxygen atoms in total. The second-order valence-electron chi connectivity index (χ2n) is 3.81. The molecular formula is C13H7FO3. The van der Waals surface area contributed by atoms with Gasteiger partial charge in [-0.1, -0.05) is 12.1 Å². The van der Waals surface area contributed by atoms with Gasteiger partial charge in [0.25, 0.3) is 0 Å². The number of hydrogen-bond donors (Lipinski definition) is 1. The lowest BCUT2D eigenvalue weighted by atomic mass is 10.1. The number of phenolic OH excluding ortho intramolecular Hbond substituents is 1. The van der Waals surface area contributed by atoms with Crippen molar-refractivity contribution in [2.45, 2.75) is 0 Å². The van der Waals surface area contributed by atoms with Crippen LogP contribution < -0.4 is 4.94 Å². The quantitative estimate of drug-likeness (QED) is 0.699. The number of ketones is 1. The van der Waals surface area contributed by atoms with Crippen molar-refractivity contribution in [3.05, 3.63) is 47.5 Å². The Bertz CT molecular complexity index is 635. The van der Waals surface area contributed by atoms with Crippen LogP contribution in [0.3, 0.4) is 0 Å². The van der Waals surface area contributed by atoms with E-state index in [0.29, 0.717) is 16.7 Å². The van der Waals surface area contributed by atoms with E-state index in [4.69, 9.17) is 0 Å². The monoisotopic (exact) mass is 230 g/mol. The first-order valence-corrected chi connectivity index (χ1v) is 5.02. The number of benzene rings is 2. The van der Waals surface area contributed by atoms with Crippen molar-refractivity contribution in [3.8, 4) is 22.6 Å². The molecule has 1 N–H and O–H groups in total. The van der Waals surface area contributed by atoms with Crippen LogP contribution in [0, 0.1) is 0 Å². The van der Waals surface area contributed by atoms with Gasteiger partial charge in [0, 0.05) is 10.1 Å². The minimum absolute atomic E-state index is 0.00706. The molecule has 0 radical (unpaired) electrons.